The lowest BCUT2D eigenvalue weighted by molar-refractivity contribution is 0.132. The van der Waals surface area contributed by atoms with Crippen LogP contribution < -0.4 is 4.74 Å². The normalized spacial score (nSPS) is 16.2. The van der Waals surface area contributed by atoms with Gasteiger partial charge in [0, 0.05) is 13.2 Å². The monoisotopic (exact) mass is 305 g/mol. The molecule has 0 N–H and O–H groups in total. The summed E-state index contributed by atoms with van der Waals surface area (Å²) in [5.74, 6) is 1.46. The third-order valence-electron chi connectivity index (χ3n) is 4.48. The lowest BCUT2D eigenvalue weighted by atomic mass is 9.95. The fourth-order valence-electron chi connectivity index (χ4n) is 3.17. The predicted molar refractivity (Wildman–Crippen MR) is 91.5 cm³/mol. The minimum atomic E-state index is 0.469. The van der Waals surface area contributed by atoms with Crippen molar-refractivity contribution < 1.29 is 9.47 Å². The molecule has 3 nitrogen and oxygen atoms in total. The highest BCUT2D eigenvalue weighted by molar-refractivity contribution is 5.44. The molecule has 0 spiro atoms. The van der Waals surface area contributed by atoms with Gasteiger partial charge in [-0.05, 0) is 61.5 Å². The zero-order valence-corrected chi connectivity index (χ0v) is 14.7. The molecule has 2 rings (SSSR count). The third-order valence-corrected chi connectivity index (χ3v) is 4.48. The first kappa shape index (κ1) is 17.3. The summed E-state index contributed by atoms with van der Waals surface area (Å²) in [4.78, 5) is 2.57. The molecule has 1 aromatic rings. The van der Waals surface area contributed by atoms with E-state index in [-0.39, 0.29) is 0 Å². The molecule has 0 bridgehead atoms. The fourth-order valence-corrected chi connectivity index (χ4v) is 3.17. The van der Waals surface area contributed by atoms with E-state index in [1.807, 2.05) is 6.92 Å². The Kier molecular flexibility index (Phi) is 6.71. The number of hydrogen-bond acceptors (Lipinski definition) is 3. The van der Waals surface area contributed by atoms with Gasteiger partial charge in [0.25, 0.3) is 0 Å². The van der Waals surface area contributed by atoms with E-state index in [2.05, 4.69) is 30.9 Å². The number of nitrogens with zero attached hydrogens (tertiary/aromatic N) is 1. The smallest absolute Gasteiger partial charge is 0.122 e. The van der Waals surface area contributed by atoms with E-state index in [0.717, 1.165) is 18.9 Å². The Morgan fingerprint density at radius 3 is 2.41 bits per heavy atom. The predicted octanol–water partition coefficient (Wildman–Crippen LogP) is 4.34. The van der Waals surface area contributed by atoms with Crippen molar-refractivity contribution in [3.63, 3.8) is 0 Å². The summed E-state index contributed by atoms with van der Waals surface area (Å²) in [6.45, 7) is 11.4. The van der Waals surface area contributed by atoms with Crippen LogP contribution in [0.5, 0.6) is 5.75 Å². The van der Waals surface area contributed by atoms with Crippen LogP contribution >= 0.6 is 0 Å². The van der Waals surface area contributed by atoms with Crippen LogP contribution in [-0.4, -0.2) is 31.7 Å². The molecule has 0 atom stereocenters. The molecule has 1 fully saturated rings. The summed E-state index contributed by atoms with van der Waals surface area (Å²) in [5.41, 5.74) is 3.98. The quantitative estimate of drug-likeness (QED) is 0.748. The number of piperidine rings is 1. The summed E-state index contributed by atoms with van der Waals surface area (Å²) in [6, 6.07) is 4.52. The van der Waals surface area contributed by atoms with Crippen molar-refractivity contribution in [2.75, 3.05) is 26.8 Å². The van der Waals surface area contributed by atoms with Gasteiger partial charge in [0.2, 0.25) is 0 Å². The van der Waals surface area contributed by atoms with E-state index < -0.39 is 0 Å². The van der Waals surface area contributed by atoms with Gasteiger partial charge in [0.15, 0.2) is 0 Å². The lowest BCUT2D eigenvalue weighted by Crippen LogP contribution is -2.29. The van der Waals surface area contributed by atoms with Crippen molar-refractivity contribution in [2.24, 2.45) is 0 Å². The zero-order valence-electron chi connectivity index (χ0n) is 14.7. The molecule has 0 saturated carbocycles. The van der Waals surface area contributed by atoms with Crippen LogP contribution in [0.4, 0.5) is 0 Å². The maximum Gasteiger partial charge on any atom is 0.122 e. The molecule has 0 aromatic heterocycles. The number of hydrogen-bond donors (Lipinski definition) is 0. The average molecular weight is 305 g/mol. The molecule has 1 aliphatic rings. The molecule has 0 radical (unpaired) electrons. The maximum absolute atomic E-state index is 5.68. The van der Waals surface area contributed by atoms with E-state index in [9.17, 15) is 0 Å². The summed E-state index contributed by atoms with van der Waals surface area (Å²) in [5, 5.41) is 0. The Balaban J connectivity index is 2.27. The van der Waals surface area contributed by atoms with Crippen molar-refractivity contribution in [1.82, 2.24) is 4.90 Å². The van der Waals surface area contributed by atoms with Crippen LogP contribution in [-0.2, 0) is 17.9 Å². The topological polar surface area (TPSA) is 21.7 Å². The standard InChI is InChI=1S/C19H31NO2/c1-5-22-14-17-12-19(21-4)18(15(2)3)11-16(17)13-20-9-7-6-8-10-20/h11-12,15H,5-10,13-14H2,1-4H3. The number of rotatable bonds is 7. The molecule has 1 heterocycles. The van der Waals surface area contributed by atoms with Gasteiger partial charge in [-0.2, -0.15) is 0 Å². The largest absolute Gasteiger partial charge is 0.496 e. The first-order valence-corrected chi connectivity index (χ1v) is 8.65. The van der Waals surface area contributed by atoms with E-state index in [0.29, 0.717) is 12.5 Å². The molecule has 0 unspecified atom stereocenters. The maximum atomic E-state index is 5.68. The van der Waals surface area contributed by atoms with Gasteiger partial charge in [0.05, 0.1) is 13.7 Å². The second-order valence-corrected chi connectivity index (χ2v) is 6.49. The summed E-state index contributed by atoms with van der Waals surface area (Å²) >= 11 is 0. The van der Waals surface area contributed by atoms with Gasteiger partial charge in [-0.15, -0.1) is 0 Å². The van der Waals surface area contributed by atoms with Crippen molar-refractivity contribution in [3.05, 3.63) is 28.8 Å². The molecule has 1 aromatic carbocycles. The van der Waals surface area contributed by atoms with Gasteiger partial charge in [-0.3, -0.25) is 4.90 Å². The zero-order chi connectivity index (χ0) is 15.9. The number of ether oxygens (including phenoxy) is 2. The van der Waals surface area contributed by atoms with Gasteiger partial charge in [-0.25, -0.2) is 0 Å². The first-order chi connectivity index (χ1) is 10.7. The molecule has 22 heavy (non-hydrogen) atoms. The third kappa shape index (κ3) is 4.47. The van der Waals surface area contributed by atoms with Crippen LogP contribution in [0.1, 0.15) is 62.6 Å². The van der Waals surface area contributed by atoms with Crippen LogP contribution in [0.2, 0.25) is 0 Å². The second-order valence-electron chi connectivity index (χ2n) is 6.49. The van der Waals surface area contributed by atoms with Gasteiger partial charge in [-0.1, -0.05) is 26.3 Å². The Morgan fingerprint density at radius 1 is 1.09 bits per heavy atom. The number of benzene rings is 1. The minimum absolute atomic E-state index is 0.469. The summed E-state index contributed by atoms with van der Waals surface area (Å²) in [7, 11) is 1.76. The van der Waals surface area contributed by atoms with E-state index >= 15 is 0 Å². The fraction of sp³-hybridized carbons (Fsp3) is 0.684. The summed E-state index contributed by atoms with van der Waals surface area (Å²) in [6.07, 6.45) is 4.03. The van der Waals surface area contributed by atoms with Crippen molar-refractivity contribution in [2.45, 2.75) is 59.1 Å². The molecular weight excluding hydrogens is 274 g/mol. The van der Waals surface area contributed by atoms with Gasteiger partial charge >= 0.3 is 0 Å². The molecule has 1 aliphatic heterocycles. The second kappa shape index (κ2) is 8.54. The highest BCUT2D eigenvalue weighted by Gasteiger charge is 2.17. The molecule has 124 valence electrons. The Morgan fingerprint density at radius 2 is 1.82 bits per heavy atom. The first-order valence-electron chi connectivity index (χ1n) is 8.65. The van der Waals surface area contributed by atoms with Gasteiger partial charge < -0.3 is 9.47 Å². The Hall–Kier alpha value is -1.06. The molecule has 0 aliphatic carbocycles. The van der Waals surface area contributed by atoms with Crippen molar-refractivity contribution >= 4 is 0 Å². The molecular formula is C19H31NO2. The highest BCUT2D eigenvalue weighted by Crippen LogP contribution is 2.31. The van der Waals surface area contributed by atoms with Crippen molar-refractivity contribution in [1.29, 1.82) is 0 Å². The molecule has 3 heteroatoms. The van der Waals surface area contributed by atoms with Crippen LogP contribution in [0.15, 0.2) is 12.1 Å². The highest BCUT2D eigenvalue weighted by atomic mass is 16.5. The Bertz CT molecular complexity index is 465. The Labute approximate surface area is 135 Å². The van der Waals surface area contributed by atoms with E-state index in [1.54, 1.807) is 7.11 Å². The number of methoxy groups -OCH3 is 1. The van der Waals surface area contributed by atoms with Crippen LogP contribution in [0.25, 0.3) is 0 Å². The lowest BCUT2D eigenvalue weighted by Gasteiger charge is -2.28. The van der Waals surface area contributed by atoms with Gasteiger partial charge in [0.1, 0.15) is 5.75 Å². The van der Waals surface area contributed by atoms with Crippen LogP contribution in [0, 0.1) is 0 Å². The number of likely N-dealkylation sites (tertiary alicyclic amines) is 1. The van der Waals surface area contributed by atoms with Crippen molar-refractivity contribution in [3.8, 4) is 5.75 Å². The minimum Gasteiger partial charge on any atom is -0.496 e. The van der Waals surface area contributed by atoms with E-state index in [1.165, 1.54) is 49.0 Å². The van der Waals surface area contributed by atoms with E-state index in [4.69, 9.17) is 9.47 Å². The summed E-state index contributed by atoms with van der Waals surface area (Å²) < 4.78 is 11.3. The SMILES string of the molecule is CCOCc1cc(OC)c(C(C)C)cc1CN1CCCCC1. The average Bonchev–Trinajstić information content (AvgIpc) is 2.54. The molecule has 0 amide bonds. The van der Waals surface area contributed by atoms with Crippen LogP contribution in [0.3, 0.4) is 0 Å². The molecule has 1 saturated heterocycles.